The van der Waals surface area contributed by atoms with Crippen LogP contribution in [0, 0.1) is 0 Å². The van der Waals surface area contributed by atoms with E-state index in [1.165, 1.54) is 6.08 Å². The fourth-order valence-electron chi connectivity index (χ4n) is 3.35. The number of amides is 1. The van der Waals surface area contributed by atoms with E-state index in [1.807, 2.05) is 36.4 Å². The van der Waals surface area contributed by atoms with E-state index in [0.29, 0.717) is 23.4 Å². The largest absolute Gasteiger partial charge is 0.497 e. The number of methoxy groups -OCH3 is 1. The number of halogens is 1. The number of nitrogens with one attached hydrogen (secondary N) is 1. The van der Waals surface area contributed by atoms with Crippen molar-refractivity contribution in [3.8, 4) is 5.75 Å². The van der Waals surface area contributed by atoms with Gasteiger partial charge in [0.25, 0.3) is 0 Å². The molecule has 1 N–H and O–H groups in total. The van der Waals surface area contributed by atoms with E-state index in [2.05, 4.69) is 5.32 Å². The second-order valence-corrected chi connectivity index (χ2v) is 7.39. The van der Waals surface area contributed by atoms with E-state index in [9.17, 15) is 9.59 Å². The lowest BCUT2D eigenvalue weighted by atomic mass is 9.78. The van der Waals surface area contributed by atoms with Gasteiger partial charge in [-0.1, -0.05) is 48.0 Å². The number of carbonyl (C=O) groups is 2. The number of carbonyl (C=O) groups excluding carboxylic acids is 2. The Hall–Kier alpha value is -2.63. The predicted octanol–water partition coefficient (Wildman–Crippen LogP) is 4.18. The van der Waals surface area contributed by atoms with Gasteiger partial charge in [-0.3, -0.25) is 9.59 Å². The molecular formula is C23H24ClNO4. The molecule has 0 bridgehead atoms. The molecule has 1 aliphatic rings. The molecule has 152 valence electrons. The summed E-state index contributed by atoms with van der Waals surface area (Å²) in [7, 11) is 1.61. The highest BCUT2D eigenvalue weighted by molar-refractivity contribution is 6.32. The van der Waals surface area contributed by atoms with Gasteiger partial charge in [-0.15, -0.1) is 0 Å². The molecule has 2 atom stereocenters. The molecule has 1 amide bonds. The summed E-state index contributed by atoms with van der Waals surface area (Å²) in [6.07, 6.45) is 3.69. The van der Waals surface area contributed by atoms with Gasteiger partial charge in [-0.25, -0.2) is 0 Å². The molecule has 0 spiro atoms. The molecule has 0 heterocycles. The number of allylic oxidation sites excluding steroid dienone is 1. The lowest BCUT2D eigenvalue weighted by molar-refractivity contribution is -0.138. The number of rotatable bonds is 7. The summed E-state index contributed by atoms with van der Waals surface area (Å²) < 4.78 is 10.9. The third-order valence-corrected chi connectivity index (χ3v) is 5.40. The van der Waals surface area contributed by atoms with Crippen LogP contribution < -0.4 is 10.1 Å². The molecule has 1 aliphatic carbocycles. The van der Waals surface area contributed by atoms with Crippen LogP contribution in [-0.2, 0) is 26.5 Å². The predicted molar refractivity (Wildman–Crippen MR) is 112 cm³/mol. The van der Waals surface area contributed by atoms with Crippen molar-refractivity contribution in [3.63, 3.8) is 0 Å². The summed E-state index contributed by atoms with van der Waals surface area (Å²) in [4.78, 5) is 25.7. The van der Waals surface area contributed by atoms with Crippen molar-refractivity contribution in [1.29, 1.82) is 0 Å². The van der Waals surface area contributed by atoms with Gasteiger partial charge in [0, 0.05) is 10.6 Å². The van der Waals surface area contributed by atoms with Crippen LogP contribution in [0.15, 0.2) is 60.7 Å². The van der Waals surface area contributed by atoms with Gasteiger partial charge in [0.05, 0.1) is 13.7 Å². The Morgan fingerprint density at radius 3 is 2.59 bits per heavy atom. The zero-order chi connectivity index (χ0) is 20.9. The van der Waals surface area contributed by atoms with Crippen LogP contribution in [0.2, 0.25) is 5.02 Å². The Morgan fingerprint density at radius 2 is 1.93 bits per heavy atom. The fraction of sp³-hybridized carbons (Fsp3) is 0.304. The highest BCUT2D eigenvalue weighted by Crippen LogP contribution is 2.36. The van der Waals surface area contributed by atoms with Gasteiger partial charge < -0.3 is 14.8 Å². The number of ketones is 1. The highest BCUT2D eigenvalue weighted by Gasteiger charge is 2.43. The van der Waals surface area contributed by atoms with E-state index >= 15 is 0 Å². The third kappa shape index (κ3) is 4.69. The monoisotopic (exact) mass is 413 g/mol. The normalized spacial score (nSPS) is 19.6. The molecule has 0 saturated carbocycles. The van der Waals surface area contributed by atoms with Crippen molar-refractivity contribution in [1.82, 2.24) is 5.32 Å². The van der Waals surface area contributed by atoms with Crippen molar-refractivity contribution >= 4 is 23.3 Å². The maximum absolute atomic E-state index is 12.9. The average molecular weight is 414 g/mol. The molecule has 6 heteroatoms. The lowest BCUT2D eigenvalue weighted by Crippen LogP contribution is -2.54. The summed E-state index contributed by atoms with van der Waals surface area (Å²) in [5, 5.41) is 3.37. The molecule has 0 aromatic heterocycles. The van der Waals surface area contributed by atoms with E-state index in [4.69, 9.17) is 21.1 Å². The van der Waals surface area contributed by atoms with Crippen LogP contribution >= 0.6 is 11.6 Å². The zero-order valence-electron chi connectivity index (χ0n) is 16.5. The van der Waals surface area contributed by atoms with Crippen LogP contribution in [0.4, 0.5) is 0 Å². The van der Waals surface area contributed by atoms with Gasteiger partial charge in [0.1, 0.15) is 17.4 Å². The number of hydrogen-bond acceptors (Lipinski definition) is 4. The maximum atomic E-state index is 12.9. The molecule has 0 aliphatic heterocycles. The first-order valence-corrected chi connectivity index (χ1v) is 9.86. The first-order chi connectivity index (χ1) is 14.0. The standard InChI is InChI=1S/C23H24ClNO4/c1-16(29-15-17-10-12-18(28-2)13-11-17)22(27)25-23(14-6-5-9-21(23)26)19-7-3-4-8-20(19)24/h3-5,7-13,16H,6,14-15H2,1-2H3,(H,25,27)/t16?,23-/m1/s1. The van der Waals surface area contributed by atoms with Gasteiger partial charge >= 0.3 is 0 Å². The Kier molecular flexibility index (Phi) is 6.72. The van der Waals surface area contributed by atoms with Crippen molar-refractivity contribution < 1.29 is 19.1 Å². The van der Waals surface area contributed by atoms with Crippen molar-refractivity contribution in [2.24, 2.45) is 0 Å². The van der Waals surface area contributed by atoms with E-state index in [0.717, 1.165) is 11.3 Å². The second-order valence-electron chi connectivity index (χ2n) is 6.98. The quantitative estimate of drug-likeness (QED) is 0.739. The Balaban J connectivity index is 1.73. The maximum Gasteiger partial charge on any atom is 0.249 e. The van der Waals surface area contributed by atoms with Gasteiger partial charge in [0.15, 0.2) is 5.78 Å². The molecule has 2 aromatic carbocycles. The molecule has 29 heavy (non-hydrogen) atoms. The molecule has 1 unspecified atom stereocenters. The summed E-state index contributed by atoms with van der Waals surface area (Å²) >= 11 is 6.37. The van der Waals surface area contributed by atoms with E-state index < -0.39 is 11.6 Å². The molecule has 5 nitrogen and oxygen atoms in total. The molecular weight excluding hydrogens is 390 g/mol. The highest BCUT2D eigenvalue weighted by atomic mass is 35.5. The van der Waals surface area contributed by atoms with Crippen LogP contribution in [0.5, 0.6) is 5.75 Å². The van der Waals surface area contributed by atoms with Crippen molar-refractivity contribution in [2.75, 3.05) is 7.11 Å². The Labute approximate surface area is 175 Å². The SMILES string of the molecule is COc1ccc(COC(C)C(=O)N[C@@]2(c3ccccc3Cl)CCC=CC2=O)cc1. The minimum atomic E-state index is -1.18. The molecule has 0 fully saturated rings. The fourth-order valence-corrected chi connectivity index (χ4v) is 3.65. The number of benzene rings is 2. The third-order valence-electron chi connectivity index (χ3n) is 5.07. The van der Waals surface area contributed by atoms with E-state index in [1.54, 1.807) is 32.2 Å². The minimum Gasteiger partial charge on any atom is -0.497 e. The lowest BCUT2D eigenvalue weighted by Gasteiger charge is -2.36. The zero-order valence-corrected chi connectivity index (χ0v) is 17.2. The van der Waals surface area contributed by atoms with E-state index in [-0.39, 0.29) is 18.3 Å². The molecule has 0 saturated heterocycles. The van der Waals surface area contributed by atoms with Gasteiger partial charge in [-0.2, -0.15) is 0 Å². The number of ether oxygens (including phenoxy) is 2. The Morgan fingerprint density at radius 1 is 1.21 bits per heavy atom. The molecule has 3 rings (SSSR count). The summed E-state index contributed by atoms with van der Waals surface area (Å²) in [6.45, 7) is 1.94. The van der Waals surface area contributed by atoms with Crippen molar-refractivity contribution in [3.05, 3.63) is 76.8 Å². The molecule has 2 aromatic rings. The van der Waals surface area contributed by atoms with Crippen LogP contribution in [0.25, 0.3) is 0 Å². The second kappa shape index (κ2) is 9.25. The van der Waals surface area contributed by atoms with Gasteiger partial charge in [-0.05, 0) is 49.6 Å². The van der Waals surface area contributed by atoms with Crippen LogP contribution in [0.1, 0.15) is 30.9 Å². The topological polar surface area (TPSA) is 64.6 Å². The smallest absolute Gasteiger partial charge is 0.249 e. The first-order valence-electron chi connectivity index (χ1n) is 9.49. The van der Waals surface area contributed by atoms with Crippen LogP contribution in [0.3, 0.4) is 0 Å². The number of hydrogen-bond donors (Lipinski definition) is 1. The van der Waals surface area contributed by atoms with Crippen molar-refractivity contribution in [2.45, 2.75) is 38.0 Å². The summed E-state index contributed by atoms with van der Waals surface area (Å²) in [5.41, 5.74) is 0.344. The van der Waals surface area contributed by atoms with Gasteiger partial charge in [0.2, 0.25) is 5.91 Å². The summed E-state index contributed by atoms with van der Waals surface area (Å²) in [5.74, 6) is 0.208. The van der Waals surface area contributed by atoms with Crippen LogP contribution in [-0.4, -0.2) is 24.9 Å². The Bertz CT molecular complexity index is 909. The summed E-state index contributed by atoms with van der Waals surface area (Å²) in [6, 6.07) is 14.5. The minimum absolute atomic E-state index is 0.187. The first kappa shape index (κ1) is 21.1. The average Bonchev–Trinajstić information content (AvgIpc) is 2.74. The molecule has 0 radical (unpaired) electrons.